The maximum atomic E-state index is 13.3. The van der Waals surface area contributed by atoms with Crippen molar-refractivity contribution in [1.29, 1.82) is 0 Å². The summed E-state index contributed by atoms with van der Waals surface area (Å²) in [5.74, 6) is -2.64. The molecule has 1 atom stereocenters. The Morgan fingerprint density at radius 2 is 1.75 bits per heavy atom. The molecule has 6 nitrogen and oxygen atoms in total. The first-order chi connectivity index (χ1) is 13.0. The molecule has 0 aromatic heterocycles. The maximum Gasteiger partial charge on any atom is 0.471 e. The zero-order valence-corrected chi connectivity index (χ0v) is 13.6. The molecule has 12 heteroatoms. The monoisotopic (exact) mass is 408 g/mol. The summed E-state index contributed by atoms with van der Waals surface area (Å²) < 4.78 is 82.4. The highest BCUT2D eigenvalue weighted by atomic mass is 19.4. The van der Waals surface area contributed by atoms with E-state index in [0.29, 0.717) is 6.29 Å². The van der Waals surface area contributed by atoms with Crippen LogP contribution in [-0.4, -0.2) is 30.6 Å². The fourth-order valence-corrected chi connectivity index (χ4v) is 2.31. The number of carbonyl (C=O) groups excluding carboxylic acids is 2. The molecule has 28 heavy (non-hydrogen) atoms. The number of nitroso groups, excluding NO2 is 1. The second-order valence-corrected chi connectivity index (χ2v) is 5.49. The Balaban J connectivity index is 2.36. The fraction of sp³-hybridized carbons (Fsp3) is 0.250. The smallest absolute Gasteiger partial charge is 0.471 e. The van der Waals surface area contributed by atoms with E-state index in [4.69, 9.17) is 4.74 Å². The second-order valence-electron chi connectivity index (χ2n) is 5.49. The number of nitrogens with one attached hydrogen (secondary N) is 1. The number of aldehydes is 1. The number of carbonyl (C=O) groups is 2. The Morgan fingerprint density at radius 1 is 1.14 bits per heavy atom. The van der Waals surface area contributed by atoms with Gasteiger partial charge in [-0.2, -0.15) is 26.3 Å². The van der Waals surface area contributed by atoms with E-state index in [0.717, 1.165) is 11.4 Å². The molecule has 0 aliphatic heterocycles. The summed E-state index contributed by atoms with van der Waals surface area (Å²) in [6, 6.07) is 5.21. The van der Waals surface area contributed by atoms with Crippen LogP contribution < -0.4 is 10.1 Å². The van der Waals surface area contributed by atoms with Crippen molar-refractivity contribution in [1.82, 2.24) is 5.32 Å². The summed E-state index contributed by atoms with van der Waals surface area (Å²) in [7, 11) is 0. The highest BCUT2D eigenvalue weighted by Crippen LogP contribution is 2.38. The quantitative estimate of drug-likeness (QED) is 0.456. The Kier molecular flexibility index (Phi) is 5.90. The van der Waals surface area contributed by atoms with Gasteiger partial charge in [-0.15, -0.1) is 4.91 Å². The highest BCUT2D eigenvalue weighted by Gasteiger charge is 2.45. The van der Waals surface area contributed by atoms with Gasteiger partial charge in [0.1, 0.15) is 23.8 Å². The van der Waals surface area contributed by atoms with Gasteiger partial charge in [0, 0.05) is 12.0 Å². The molecular formula is C16H10F6N2O4. The molecule has 0 saturated heterocycles. The van der Waals surface area contributed by atoms with Crippen LogP contribution in [0.3, 0.4) is 0 Å². The lowest BCUT2D eigenvalue weighted by Crippen LogP contribution is -2.40. The topological polar surface area (TPSA) is 84.8 Å². The molecule has 150 valence electrons. The zero-order valence-electron chi connectivity index (χ0n) is 13.6. The summed E-state index contributed by atoms with van der Waals surface area (Å²) in [6.07, 6.45) is -11.7. The first kappa shape index (κ1) is 21.1. The minimum Gasteiger partial charge on any atom is -0.486 e. The fourth-order valence-electron chi connectivity index (χ4n) is 2.31. The van der Waals surface area contributed by atoms with Crippen molar-refractivity contribution >= 4 is 12.2 Å². The van der Waals surface area contributed by atoms with Crippen LogP contribution in [-0.2, 0) is 4.79 Å². The first-order valence-corrected chi connectivity index (χ1v) is 7.41. The van der Waals surface area contributed by atoms with E-state index < -0.39 is 47.8 Å². The molecule has 0 heterocycles. The molecular weight excluding hydrogens is 398 g/mol. The molecule has 0 saturated carbocycles. The first-order valence-electron chi connectivity index (χ1n) is 7.41. The van der Waals surface area contributed by atoms with Gasteiger partial charge in [0.15, 0.2) is 0 Å². The van der Waals surface area contributed by atoms with Crippen molar-refractivity contribution in [3.05, 3.63) is 57.8 Å². The number of amides is 1. The van der Waals surface area contributed by atoms with E-state index in [1.165, 1.54) is 24.3 Å². The van der Waals surface area contributed by atoms with Gasteiger partial charge in [-0.05, 0) is 35.5 Å². The molecule has 0 radical (unpaired) electrons. The van der Waals surface area contributed by atoms with E-state index in [-0.39, 0.29) is 11.3 Å². The van der Waals surface area contributed by atoms with Crippen molar-refractivity contribution < 1.29 is 40.7 Å². The Hall–Kier alpha value is -3.18. The SMILES string of the molecule is O=Cc1ccc(OC2C=C(N=O)C(NC(=O)C(F)(F)F)=C(C(F)(F)F)C2)cc1. The molecule has 0 spiro atoms. The third kappa shape index (κ3) is 4.96. The average molecular weight is 408 g/mol. The van der Waals surface area contributed by atoms with Gasteiger partial charge in [-0.25, -0.2) is 0 Å². The molecule has 1 aromatic carbocycles. The highest BCUT2D eigenvalue weighted by molar-refractivity contribution is 5.84. The second kappa shape index (κ2) is 7.82. The summed E-state index contributed by atoms with van der Waals surface area (Å²) in [4.78, 5) is 32.5. The van der Waals surface area contributed by atoms with E-state index in [2.05, 4.69) is 5.18 Å². The van der Waals surface area contributed by atoms with E-state index in [1.807, 2.05) is 0 Å². The van der Waals surface area contributed by atoms with Crippen molar-refractivity contribution in [2.45, 2.75) is 24.9 Å². The summed E-state index contributed by atoms with van der Waals surface area (Å²) >= 11 is 0. The number of rotatable bonds is 5. The third-order valence-electron chi connectivity index (χ3n) is 3.55. The van der Waals surface area contributed by atoms with Gasteiger partial charge in [0.25, 0.3) is 0 Å². The van der Waals surface area contributed by atoms with Crippen LogP contribution in [0.25, 0.3) is 0 Å². The van der Waals surface area contributed by atoms with Crippen LogP contribution in [0.5, 0.6) is 5.75 Å². The minimum atomic E-state index is -5.47. The van der Waals surface area contributed by atoms with Gasteiger partial charge in [-0.3, -0.25) is 9.59 Å². The lowest BCUT2D eigenvalue weighted by molar-refractivity contribution is -0.172. The molecule has 1 N–H and O–H groups in total. The number of benzene rings is 1. The lowest BCUT2D eigenvalue weighted by atomic mass is 9.96. The summed E-state index contributed by atoms with van der Waals surface area (Å²) in [5, 5.41) is 3.35. The Morgan fingerprint density at radius 3 is 2.21 bits per heavy atom. The van der Waals surface area contributed by atoms with Crippen LogP contribution in [0.1, 0.15) is 16.8 Å². The van der Waals surface area contributed by atoms with Crippen LogP contribution in [0, 0.1) is 4.91 Å². The molecule has 1 aromatic rings. The number of nitrogens with zero attached hydrogens (tertiary/aromatic N) is 1. The van der Waals surface area contributed by atoms with Gasteiger partial charge in [0.2, 0.25) is 0 Å². The minimum absolute atomic E-state index is 0.0430. The van der Waals surface area contributed by atoms with Gasteiger partial charge in [-0.1, -0.05) is 0 Å². The number of hydrogen-bond donors (Lipinski definition) is 1. The predicted molar refractivity (Wildman–Crippen MR) is 82.0 cm³/mol. The number of halogens is 6. The lowest BCUT2D eigenvalue weighted by Gasteiger charge is -2.26. The molecule has 1 aliphatic carbocycles. The van der Waals surface area contributed by atoms with Crippen LogP contribution >= 0.6 is 0 Å². The van der Waals surface area contributed by atoms with E-state index in [9.17, 15) is 40.8 Å². The van der Waals surface area contributed by atoms with Gasteiger partial charge in [0.05, 0.1) is 11.3 Å². The molecule has 0 fully saturated rings. The third-order valence-corrected chi connectivity index (χ3v) is 3.55. The standard InChI is InChI=1S/C16H10F6N2O4/c17-15(18,19)11-5-10(28-9-3-1-8(7-25)2-4-9)6-12(24-27)13(11)23-14(26)16(20,21)22/h1-4,6-7,10H,5H2,(H,23,26). The predicted octanol–water partition coefficient (Wildman–Crippen LogP) is 3.80. The number of alkyl halides is 6. The van der Waals surface area contributed by atoms with Crippen molar-refractivity contribution in [2.24, 2.45) is 5.18 Å². The van der Waals surface area contributed by atoms with Crippen LogP contribution in [0.15, 0.2) is 52.5 Å². The average Bonchev–Trinajstić information content (AvgIpc) is 2.61. The molecule has 2 rings (SSSR count). The van der Waals surface area contributed by atoms with Crippen molar-refractivity contribution in [3.63, 3.8) is 0 Å². The summed E-state index contributed by atoms with van der Waals surface area (Å²) in [5.41, 5.74) is -3.75. The van der Waals surface area contributed by atoms with Crippen LogP contribution in [0.2, 0.25) is 0 Å². The molecule has 0 bridgehead atoms. The zero-order chi connectivity index (χ0) is 21.1. The molecule has 1 amide bonds. The molecule has 1 aliphatic rings. The number of hydrogen-bond acceptors (Lipinski definition) is 5. The van der Waals surface area contributed by atoms with Crippen molar-refractivity contribution in [3.8, 4) is 5.75 Å². The Bertz CT molecular complexity index is 840. The van der Waals surface area contributed by atoms with Crippen LogP contribution in [0.4, 0.5) is 26.3 Å². The van der Waals surface area contributed by atoms with Gasteiger partial charge < -0.3 is 10.1 Å². The maximum absolute atomic E-state index is 13.3. The van der Waals surface area contributed by atoms with Crippen molar-refractivity contribution in [2.75, 3.05) is 0 Å². The van der Waals surface area contributed by atoms with E-state index in [1.54, 1.807) is 0 Å². The molecule has 1 unspecified atom stereocenters. The normalized spacial score (nSPS) is 17.6. The Labute approximate surface area is 152 Å². The van der Waals surface area contributed by atoms with Gasteiger partial charge >= 0.3 is 18.3 Å². The summed E-state index contributed by atoms with van der Waals surface area (Å²) in [6.45, 7) is 0. The number of ether oxygens (including phenoxy) is 1. The van der Waals surface area contributed by atoms with E-state index >= 15 is 0 Å². The largest absolute Gasteiger partial charge is 0.486 e.